The fourth-order valence-corrected chi connectivity index (χ4v) is 3.39. The summed E-state index contributed by atoms with van der Waals surface area (Å²) >= 11 is 2.69. The van der Waals surface area contributed by atoms with Gasteiger partial charge >= 0.3 is 0 Å². The maximum atomic E-state index is 11.1. The Kier molecular flexibility index (Phi) is 2.02. The Morgan fingerprint density at radius 2 is 2.29 bits per heavy atom. The molecule has 0 aliphatic heterocycles. The van der Waals surface area contributed by atoms with Crippen LogP contribution in [-0.2, 0) is 0 Å². The van der Waals surface area contributed by atoms with Crippen LogP contribution in [0, 0.1) is 11.3 Å². The number of anilines is 1. The maximum Gasteiger partial charge on any atom is 0.169 e. The molecule has 0 aromatic carbocycles. The SMILES string of the molecule is CC(=O)c1cc2sc(N)c(C#N)c2s1. The molecular weight excluding hydrogens is 216 g/mol. The highest BCUT2D eigenvalue weighted by Gasteiger charge is 2.14. The van der Waals surface area contributed by atoms with Gasteiger partial charge in [-0.15, -0.1) is 22.7 Å². The van der Waals surface area contributed by atoms with Gasteiger partial charge in [-0.25, -0.2) is 0 Å². The van der Waals surface area contributed by atoms with Crippen molar-refractivity contribution < 1.29 is 4.79 Å². The van der Waals surface area contributed by atoms with E-state index in [1.165, 1.54) is 29.6 Å². The lowest BCUT2D eigenvalue weighted by molar-refractivity contribution is 0.102. The molecule has 0 bridgehead atoms. The van der Waals surface area contributed by atoms with E-state index in [4.69, 9.17) is 11.0 Å². The molecule has 0 saturated heterocycles. The Hall–Kier alpha value is -1.38. The number of nitrogen functional groups attached to an aromatic ring is 1. The summed E-state index contributed by atoms with van der Waals surface area (Å²) in [5.74, 6) is 0.0286. The Morgan fingerprint density at radius 3 is 2.86 bits per heavy atom. The first-order valence-corrected chi connectivity index (χ1v) is 5.49. The van der Waals surface area contributed by atoms with Gasteiger partial charge in [-0.3, -0.25) is 4.79 Å². The molecule has 2 aromatic rings. The zero-order valence-electron chi connectivity index (χ0n) is 7.33. The molecule has 2 aromatic heterocycles. The molecule has 0 aliphatic rings. The number of ketones is 1. The number of carbonyl (C=O) groups excluding carboxylic acids is 1. The van der Waals surface area contributed by atoms with Gasteiger partial charge in [0.15, 0.2) is 5.78 Å². The predicted octanol–water partition coefficient (Wildman–Crippen LogP) is 2.62. The molecule has 0 aliphatic carbocycles. The lowest BCUT2D eigenvalue weighted by atomic mass is 10.3. The van der Waals surface area contributed by atoms with E-state index in [0.29, 0.717) is 15.4 Å². The van der Waals surface area contributed by atoms with E-state index >= 15 is 0 Å². The monoisotopic (exact) mass is 222 g/mol. The van der Waals surface area contributed by atoms with Gasteiger partial charge < -0.3 is 5.73 Å². The molecular formula is C9H6N2OS2. The number of hydrogen-bond donors (Lipinski definition) is 1. The number of fused-ring (bicyclic) bond motifs is 1. The molecule has 0 radical (unpaired) electrons. The number of nitriles is 1. The minimum Gasteiger partial charge on any atom is -0.389 e. The van der Waals surface area contributed by atoms with Crippen molar-refractivity contribution in [1.29, 1.82) is 5.26 Å². The van der Waals surface area contributed by atoms with Crippen LogP contribution in [0.1, 0.15) is 22.2 Å². The highest BCUT2D eigenvalue weighted by atomic mass is 32.1. The van der Waals surface area contributed by atoms with E-state index in [2.05, 4.69) is 6.07 Å². The number of Topliss-reactive ketones (excluding diaryl/α,β-unsaturated/α-hetero) is 1. The van der Waals surface area contributed by atoms with Gasteiger partial charge in [0.25, 0.3) is 0 Å². The summed E-state index contributed by atoms with van der Waals surface area (Å²) in [6.45, 7) is 1.52. The minimum absolute atomic E-state index is 0.0286. The molecule has 3 nitrogen and oxygen atoms in total. The topological polar surface area (TPSA) is 66.9 Å². The molecule has 0 atom stereocenters. The van der Waals surface area contributed by atoms with Crippen LogP contribution < -0.4 is 5.73 Å². The molecule has 2 rings (SSSR count). The highest BCUT2D eigenvalue weighted by Crippen LogP contribution is 2.38. The average Bonchev–Trinajstić information content (AvgIpc) is 2.60. The average molecular weight is 222 g/mol. The Balaban J connectivity index is 2.76. The Morgan fingerprint density at radius 1 is 1.57 bits per heavy atom. The van der Waals surface area contributed by atoms with Crippen molar-refractivity contribution in [2.45, 2.75) is 6.92 Å². The number of carbonyl (C=O) groups is 1. The summed E-state index contributed by atoms with van der Waals surface area (Å²) in [6.07, 6.45) is 0. The normalized spacial score (nSPS) is 10.3. The third kappa shape index (κ3) is 1.20. The van der Waals surface area contributed by atoms with Gasteiger partial charge in [-0.1, -0.05) is 0 Å². The van der Waals surface area contributed by atoms with Gasteiger partial charge in [0, 0.05) is 4.70 Å². The number of hydrogen-bond acceptors (Lipinski definition) is 5. The zero-order chi connectivity index (χ0) is 10.3. The maximum absolute atomic E-state index is 11.1. The first kappa shape index (κ1) is 9.19. The molecule has 0 unspecified atom stereocenters. The standard InChI is InChI=1S/C9H6N2OS2/c1-4(12)6-2-7-8(13-6)5(3-10)9(11)14-7/h2H,11H2,1H3. The number of nitrogens with zero attached hydrogens (tertiary/aromatic N) is 1. The summed E-state index contributed by atoms with van der Waals surface area (Å²) in [5.41, 5.74) is 6.15. The second-order valence-corrected chi connectivity index (χ2v) is 4.95. The van der Waals surface area contributed by atoms with Crippen LogP contribution in [-0.4, -0.2) is 5.78 Å². The molecule has 0 amide bonds. The third-order valence-corrected chi connectivity index (χ3v) is 4.20. The van der Waals surface area contributed by atoms with E-state index in [1.54, 1.807) is 6.07 Å². The van der Waals surface area contributed by atoms with Crippen LogP contribution in [0.25, 0.3) is 9.40 Å². The largest absolute Gasteiger partial charge is 0.389 e. The fourth-order valence-electron chi connectivity index (χ4n) is 1.19. The van der Waals surface area contributed by atoms with Crippen molar-refractivity contribution in [2.75, 3.05) is 5.73 Å². The zero-order valence-corrected chi connectivity index (χ0v) is 8.96. The van der Waals surface area contributed by atoms with Gasteiger partial charge in [0.2, 0.25) is 0 Å². The summed E-state index contributed by atoms with van der Waals surface area (Å²) in [7, 11) is 0. The van der Waals surface area contributed by atoms with Crippen LogP contribution in [0.2, 0.25) is 0 Å². The van der Waals surface area contributed by atoms with Crippen molar-refractivity contribution in [2.24, 2.45) is 0 Å². The van der Waals surface area contributed by atoms with Gasteiger partial charge in [-0.05, 0) is 13.0 Å². The lowest BCUT2D eigenvalue weighted by Crippen LogP contribution is -1.84. The van der Waals surface area contributed by atoms with Crippen molar-refractivity contribution in [3.8, 4) is 6.07 Å². The molecule has 2 N–H and O–H groups in total. The summed E-state index contributed by atoms with van der Waals surface area (Å²) < 4.78 is 1.76. The molecule has 0 saturated carbocycles. The second kappa shape index (κ2) is 3.08. The molecule has 5 heteroatoms. The van der Waals surface area contributed by atoms with Gasteiger partial charge in [-0.2, -0.15) is 5.26 Å². The third-order valence-electron chi connectivity index (χ3n) is 1.85. The van der Waals surface area contributed by atoms with Crippen LogP contribution in [0.5, 0.6) is 0 Å². The number of thiophene rings is 2. The molecule has 2 heterocycles. The minimum atomic E-state index is 0.0286. The summed E-state index contributed by atoms with van der Waals surface area (Å²) in [5, 5.41) is 9.38. The smallest absolute Gasteiger partial charge is 0.169 e. The number of rotatable bonds is 1. The highest BCUT2D eigenvalue weighted by molar-refractivity contribution is 7.31. The van der Waals surface area contributed by atoms with Gasteiger partial charge in [0.1, 0.15) is 16.6 Å². The van der Waals surface area contributed by atoms with E-state index < -0.39 is 0 Å². The fraction of sp³-hybridized carbons (Fsp3) is 0.111. The van der Waals surface area contributed by atoms with E-state index in [1.807, 2.05) is 0 Å². The van der Waals surface area contributed by atoms with E-state index in [9.17, 15) is 4.79 Å². The predicted molar refractivity (Wildman–Crippen MR) is 58.8 cm³/mol. The second-order valence-electron chi connectivity index (χ2n) is 2.81. The van der Waals surface area contributed by atoms with Crippen molar-refractivity contribution in [3.63, 3.8) is 0 Å². The quantitative estimate of drug-likeness (QED) is 0.754. The lowest BCUT2D eigenvalue weighted by Gasteiger charge is -1.85. The van der Waals surface area contributed by atoms with E-state index in [-0.39, 0.29) is 5.78 Å². The van der Waals surface area contributed by atoms with Crippen LogP contribution in [0.4, 0.5) is 5.00 Å². The van der Waals surface area contributed by atoms with Crippen LogP contribution >= 0.6 is 22.7 Å². The number of nitrogens with two attached hydrogens (primary N) is 1. The Bertz CT molecular complexity index is 559. The summed E-state index contributed by atoms with van der Waals surface area (Å²) in [6, 6.07) is 3.85. The molecule has 0 fully saturated rings. The van der Waals surface area contributed by atoms with Crippen LogP contribution in [0.3, 0.4) is 0 Å². The first-order valence-electron chi connectivity index (χ1n) is 3.86. The molecule has 0 spiro atoms. The van der Waals surface area contributed by atoms with Crippen LogP contribution in [0.15, 0.2) is 6.07 Å². The van der Waals surface area contributed by atoms with E-state index in [0.717, 1.165) is 9.40 Å². The van der Waals surface area contributed by atoms with Crippen molar-refractivity contribution in [3.05, 3.63) is 16.5 Å². The van der Waals surface area contributed by atoms with Crippen molar-refractivity contribution >= 4 is 42.9 Å². The Labute approximate surface area is 88.4 Å². The first-order chi connectivity index (χ1) is 6.63. The molecule has 14 heavy (non-hydrogen) atoms. The molecule has 70 valence electrons. The van der Waals surface area contributed by atoms with Gasteiger partial charge in [0.05, 0.1) is 9.58 Å². The summed E-state index contributed by atoms with van der Waals surface area (Å²) in [4.78, 5) is 11.8. The van der Waals surface area contributed by atoms with Crippen molar-refractivity contribution in [1.82, 2.24) is 0 Å².